The van der Waals surface area contributed by atoms with Crippen LogP contribution >= 0.6 is 11.3 Å². The minimum absolute atomic E-state index is 0.139. The predicted molar refractivity (Wildman–Crippen MR) is 83.0 cm³/mol. The van der Waals surface area contributed by atoms with Crippen molar-refractivity contribution in [1.29, 1.82) is 0 Å². The lowest BCUT2D eigenvalue weighted by Crippen LogP contribution is -1.97. The van der Waals surface area contributed by atoms with E-state index in [9.17, 15) is 10.1 Å². The zero-order valence-corrected chi connectivity index (χ0v) is 13.0. The number of nitro benzene ring substituents is 1. The summed E-state index contributed by atoms with van der Waals surface area (Å²) in [4.78, 5) is 16.0. The molecule has 3 rings (SSSR count). The van der Waals surface area contributed by atoms with Crippen LogP contribution in [0.5, 0.6) is 11.5 Å². The normalized spacial score (nSPS) is 10.9. The Morgan fingerprint density at radius 1 is 1.27 bits per heavy atom. The van der Waals surface area contributed by atoms with Crippen LogP contribution in [0.3, 0.4) is 0 Å². The lowest BCUT2D eigenvalue weighted by Gasteiger charge is -2.09. The summed E-state index contributed by atoms with van der Waals surface area (Å²) in [6.45, 7) is 1.99. The molecule has 1 aromatic carbocycles. The smallest absolute Gasteiger partial charge is 0.314 e. The van der Waals surface area contributed by atoms with Gasteiger partial charge in [-0.3, -0.25) is 14.5 Å². The van der Waals surface area contributed by atoms with Crippen molar-refractivity contribution < 1.29 is 14.4 Å². The van der Waals surface area contributed by atoms with Gasteiger partial charge in [-0.25, -0.2) is 4.98 Å². The molecule has 8 heteroatoms. The van der Waals surface area contributed by atoms with Crippen LogP contribution in [-0.4, -0.2) is 28.5 Å². The van der Waals surface area contributed by atoms with Crippen molar-refractivity contribution >= 4 is 22.0 Å². The summed E-state index contributed by atoms with van der Waals surface area (Å²) in [5.41, 5.74) is 2.27. The average molecular weight is 319 g/mol. The number of benzene rings is 1. The Labute approximate surface area is 129 Å². The van der Waals surface area contributed by atoms with Crippen molar-refractivity contribution in [2.45, 2.75) is 6.92 Å². The summed E-state index contributed by atoms with van der Waals surface area (Å²) < 4.78 is 12.4. The van der Waals surface area contributed by atoms with E-state index in [2.05, 4.69) is 4.98 Å². The van der Waals surface area contributed by atoms with Gasteiger partial charge < -0.3 is 9.47 Å². The number of nitrogens with zero attached hydrogens (tertiary/aromatic N) is 3. The van der Waals surface area contributed by atoms with Crippen molar-refractivity contribution in [1.82, 2.24) is 9.38 Å². The Morgan fingerprint density at radius 3 is 2.59 bits per heavy atom. The molecule has 0 spiro atoms. The van der Waals surface area contributed by atoms with Crippen molar-refractivity contribution in [3.8, 4) is 22.8 Å². The fourth-order valence-corrected chi connectivity index (χ4v) is 3.10. The summed E-state index contributed by atoms with van der Waals surface area (Å²) in [7, 11) is 2.87. The largest absolute Gasteiger partial charge is 0.496 e. The van der Waals surface area contributed by atoms with Gasteiger partial charge in [-0.15, -0.1) is 11.3 Å². The predicted octanol–water partition coefficient (Wildman–Crippen LogP) is 3.30. The van der Waals surface area contributed by atoms with Crippen LogP contribution in [0.25, 0.3) is 16.2 Å². The topological polar surface area (TPSA) is 78.9 Å². The molecule has 0 saturated heterocycles. The van der Waals surface area contributed by atoms with E-state index >= 15 is 0 Å². The second kappa shape index (κ2) is 5.30. The fourth-order valence-electron chi connectivity index (χ4n) is 2.25. The highest BCUT2D eigenvalue weighted by Crippen LogP contribution is 2.39. The summed E-state index contributed by atoms with van der Waals surface area (Å²) in [6.07, 6.45) is 1.88. The number of ether oxygens (including phenoxy) is 2. The lowest BCUT2D eigenvalue weighted by molar-refractivity contribution is -0.385. The molecule has 0 amide bonds. The molecule has 0 atom stereocenters. The molecule has 0 aliphatic rings. The zero-order chi connectivity index (χ0) is 15.9. The minimum Gasteiger partial charge on any atom is -0.496 e. The van der Waals surface area contributed by atoms with Gasteiger partial charge in [0.05, 0.1) is 30.9 Å². The first-order valence-corrected chi connectivity index (χ1v) is 7.27. The van der Waals surface area contributed by atoms with Crippen LogP contribution in [0.4, 0.5) is 5.69 Å². The first-order chi connectivity index (χ1) is 10.5. The third-order valence-electron chi connectivity index (χ3n) is 3.36. The summed E-state index contributed by atoms with van der Waals surface area (Å²) in [5, 5.41) is 13.1. The number of fused-ring (bicyclic) bond motifs is 1. The number of aromatic nitrogens is 2. The van der Waals surface area contributed by atoms with E-state index < -0.39 is 4.92 Å². The highest BCUT2D eigenvalue weighted by Gasteiger charge is 2.22. The second-order valence-corrected chi connectivity index (χ2v) is 5.47. The molecule has 114 valence electrons. The van der Waals surface area contributed by atoms with E-state index in [1.165, 1.54) is 31.6 Å². The van der Waals surface area contributed by atoms with Crippen molar-refractivity contribution in [2.24, 2.45) is 0 Å². The van der Waals surface area contributed by atoms with Crippen molar-refractivity contribution in [3.05, 3.63) is 39.5 Å². The number of thiazole rings is 1. The van der Waals surface area contributed by atoms with Crippen LogP contribution in [0, 0.1) is 17.0 Å². The molecule has 0 saturated carbocycles. The Balaban J connectivity index is 2.22. The van der Waals surface area contributed by atoms with E-state index in [-0.39, 0.29) is 11.4 Å². The third kappa shape index (κ3) is 2.17. The quantitative estimate of drug-likeness (QED) is 0.544. The van der Waals surface area contributed by atoms with Gasteiger partial charge in [-0.2, -0.15) is 0 Å². The average Bonchev–Trinajstić information content (AvgIpc) is 3.08. The van der Waals surface area contributed by atoms with E-state index in [1.54, 1.807) is 6.07 Å². The van der Waals surface area contributed by atoms with Gasteiger partial charge in [-0.05, 0) is 6.92 Å². The molecule has 0 N–H and O–H groups in total. The number of imidazole rings is 1. The molecule has 2 aromatic heterocycles. The minimum atomic E-state index is -0.499. The first kappa shape index (κ1) is 14.3. The summed E-state index contributed by atoms with van der Waals surface area (Å²) >= 11 is 1.53. The molecule has 0 aliphatic carbocycles. The summed E-state index contributed by atoms with van der Waals surface area (Å²) in [6, 6.07) is 2.94. The first-order valence-electron chi connectivity index (χ1n) is 6.39. The van der Waals surface area contributed by atoms with E-state index in [4.69, 9.17) is 9.47 Å². The third-order valence-corrected chi connectivity index (χ3v) is 4.32. The van der Waals surface area contributed by atoms with Crippen LogP contribution in [0.2, 0.25) is 0 Å². The van der Waals surface area contributed by atoms with Crippen LogP contribution in [-0.2, 0) is 0 Å². The van der Waals surface area contributed by atoms with E-state index in [1.807, 2.05) is 22.9 Å². The molecule has 7 nitrogen and oxygen atoms in total. The van der Waals surface area contributed by atoms with Crippen LogP contribution in [0.1, 0.15) is 5.69 Å². The fraction of sp³-hybridized carbons (Fsp3) is 0.214. The van der Waals surface area contributed by atoms with Crippen LogP contribution in [0.15, 0.2) is 23.7 Å². The van der Waals surface area contributed by atoms with Gasteiger partial charge >= 0.3 is 5.69 Å². The number of hydrogen-bond donors (Lipinski definition) is 0. The molecule has 0 radical (unpaired) electrons. The molecule has 2 heterocycles. The van der Waals surface area contributed by atoms with Gasteiger partial charge in [0.1, 0.15) is 5.75 Å². The Bertz CT molecular complexity index is 868. The van der Waals surface area contributed by atoms with E-state index in [0.717, 1.165) is 10.7 Å². The number of methoxy groups -OCH3 is 2. The number of nitro groups is 1. The Kier molecular flexibility index (Phi) is 3.45. The van der Waals surface area contributed by atoms with Gasteiger partial charge in [0.15, 0.2) is 10.7 Å². The monoisotopic (exact) mass is 319 g/mol. The molecule has 0 fully saturated rings. The van der Waals surface area contributed by atoms with Gasteiger partial charge in [0, 0.05) is 28.9 Å². The van der Waals surface area contributed by atoms with Crippen molar-refractivity contribution in [3.63, 3.8) is 0 Å². The maximum Gasteiger partial charge on any atom is 0.314 e. The molecule has 0 unspecified atom stereocenters. The molecule has 0 bridgehead atoms. The summed E-state index contributed by atoms with van der Waals surface area (Å²) in [5.74, 6) is 0.560. The van der Waals surface area contributed by atoms with Gasteiger partial charge in [0.2, 0.25) is 0 Å². The highest BCUT2D eigenvalue weighted by molar-refractivity contribution is 7.15. The maximum atomic E-state index is 11.1. The maximum absolute atomic E-state index is 11.1. The van der Waals surface area contributed by atoms with Gasteiger partial charge in [0.25, 0.3) is 0 Å². The Hall–Kier alpha value is -2.61. The van der Waals surface area contributed by atoms with Gasteiger partial charge in [-0.1, -0.05) is 0 Å². The Morgan fingerprint density at radius 2 is 2.00 bits per heavy atom. The van der Waals surface area contributed by atoms with Crippen LogP contribution < -0.4 is 9.47 Å². The number of hydrogen-bond acceptors (Lipinski definition) is 6. The molecule has 22 heavy (non-hydrogen) atoms. The molecular weight excluding hydrogens is 306 g/mol. The molecular formula is C14H13N3O4S. The highest BCUT2D eigenvalue weighted by atomic mass is 32.1. The second-order valence-electron chi connectivity index (χ2n) is 4.64. The number of rotatable bonds is 4. The van der Waals surface area contributed by atoms with E-state index in [0.29, 0.717) is 17.0 Å². The molecule has 0 aliphatic heterocycles. The lowest BCUT2D eigenvalue weighted by atomic mass is 10.1. The SMILES string of the molecule is COc1cc([N+](=O)[O-])c(OC)cc1-c1cn2c(C)csc2n1. The zero-order valence-electron chi connectivity index (χ0n) is 12.2. The van der Waals surface area contributed by atoms with Crippen molar-refractivity contribution in [2.75, 3.05) is 14.2 Å². The standard InChI is InChI=1S/C14H13N3O4S/c1-8-7-22-14-15-10(6-16(8)14)9-4-13(21-3)11(17(18)19)5-12(9)20-2/h4-7H,1-3H3. The molecule has 3 aromatic rings. The number of aryl methyl sites for hydroxylation is 1.